The van der Waals surface area contributed by atoms with E-state index in [0.29, 0.717) is 5.69 Å². The van der Waals surface area contributed by atoms with Crippen LogP contribution >= 0.6 is 0 Å². The van der Waals surface area contributed by atoms with E-state index < -0.39 is 17.9 Å². The number of esters is 1. The molecule has 4 aromatic rings. The summed E-state index contributed by atoms with van der Waals surface area (Å²) in [7, 11) is 1.31. The predicted octanol–water partition coefficient (Wildman–Crippen LogP) is 3.64. The lowest BCUT2D eigenvalue weighted by molar-refractivity contribution is -0.145. The molecule has 5 rings (SSSR count). The molecular formula is C26H21N3O3. The van der Waals surface area contributed by atoms with Gasteiger partial charge in [0.1, 0.15) is 6.04 Å². The normalized spacial score (nSPS) is 13.3. The maximum absolute atomic E-state index is 13.4. The summed E-state index contributed by atoms with van der Waals surface area (Å²) in [5, 5.41) is 2.91. The quantitative estimate of drug-likeness (QED) is 0.496. The van der Waals surface area contributed by atoms with Crippen LogP contribution < -0.4 is 5.32 Å². The summed E-state index contributed by atoms with van der Waals surface area (Å²) in [5.74, 6) is -1.25. The van der Waals surface area contributed by atoms with Crippen molar-refractivity contribution in [1.29, 1.82) is 0 Å². The number of ether oxygens (including phenoxy) is 1. The molecule has 1 aliphatic carbocycles. The molecule has 0 radical (unpaired) electrons. The van der Waals surface area contributed by atoms with Gasteiger partial charge in [-0.15, -0.1) is 0 Å². The monoisotopic (exact) mass is 423 g/mol. The zero-order valence-corrected chi connectivity index (χ0v) is 17.5. The molecule has 6 nitrogen and oxygen atoms in total. The van der Waals surface area contributed by atoms with Crippen molar-refractivity contribution in [3.63, 3.8) is 0 Å². The molecule has 3 aromatic carbocycles. The van der Waals surface area contributed by atoms with E-state index in [4.69, 9.17) is 4.74 Å². The zero-order chi connectivity index (χ0) is 22.1. The number of carbonyl (C=O) groups is 2. The number of para-hydroxylation sites is 2. The molecule has 1 atom stereocenters. The molecule has 1 heterocycles. The summed E-state index contributed by atoms with van der Waals surface area (Å²) in [6.07, 6.45) is 1.82. The zero-order valence-electron chi connectivity index (χ0n) is 17.5. The predicted molar refractivity (Wildman–Crippen MR) is 121 cm³/mol. The van der Waals surface area contributed by atoms with Gasteiger partial charge in [0.15, 0.2) is 0 Å². The van der Waals surface area contributed by atoms with Crippen molar-refractivity contribution >= 4 is 22.9 Å². The highest BCUT2D eigenvalue weighted by Crippen LogP contribution is 2.44. The van der Waals surface area contributed by atoms with Crippen molar-refractivity contribution in [2.45, 2.75) is 18.4 Å². The minimum Gasteiger partial charge on any atom is -0.467 e. The molecule has 1 amide bonds. The third-order valence-corrected chi connectivity index (χ3v) is 5.81. The number of carbonyl (C=O) groups excluding carboxylic acids is 2. The molecule has 0 saturated heterocycles. The van der Waals surface area contributed by atoms with Crippen molar-refractivity contribution < 1.29 is 14.3 Å². The Balaban J connectivity index is 1.44. The maximum Gasteiger partial charge on any atom is 0.328 e. The fourth-order valence-corrected chi connectivity index (χ4v) is 4.33. The average Bonchev–Trinajstić information content (AvgIpc) is 3.17. The Morgan fingerprint density at radius 2 is 1.50 bits per heavy atom. The van der Waals surface area contributed by atoms with Gasteiger partial charge in [0.2, 0.25) is 5.91 Å². The number of methoxy groups -OCH3 is 1. The molecule has 0 bridgehead atoms. The summed E-state index contributed by atoms with van der Waals surface area (Å²) in [5.41, 5.74) is 6.05. The van der Waals surface area contributed by atoms with Crippen molar-refractivity contribution in [2.75, 3.05) is 7.11 Å². The molecule has 0 aliphatic heterocycles. The van der Waals surface area contributed by atoms with E-state index in [2.05, 4.69) is 15.3 Å². The van der Waals surface area contributed by atoms with Gasteiger partial charge < -0.3 is 10.1 Å². The number of amides is 1. The second-order valence-electron chi connectivity index (χ2n) is 7.75. The Morgan fingerprint density at radius 1 is 0.906 bits per heavy atom. The molecule has 0 fully saturated rings. The third kappa shape index (κ3) is 3.50. The molecular weight excluding hydrogens is 402 g/mol. The maximum atomic E-state index is 13.4. The van der Waals surface area contributed by atoms with Crippen LogP contribution in [-0.2, 0) is 20.7 Å². The summed E-state index contributed by atoms with van der Waals surface area (Å²) < 4.78 is 4.97. The number of hydrogen-bond donors (Lipinski definition) is 1. The number of aromatic nitrogens is 2. The smallest absolute Gasteiger partial charge is 0.328 e. The van der Waals surface area contributed by atoms with Gasteiger partial charge in [0.05, 0.1) is 29.8 Å². The van der Waals surface area contributed by atoms with Crippen molar-refractivity contribution in [3.05, 3.63) is 95.8 Å². The van der Waals surface area contributed by atoms with Gasteiger partial charge in [-0.05, 0) is 34.4 Å². The lowest BCUT2D eigenvalue weighted by Crippen LogP contribution is -2.45. The van der Waals surface area contributed by atoms with Gasteiger partial charge in [-0.1, -0.05) is 60.7 Å². The fraction of sp³-hybridized carbons (Fsp3) is 0.154. The van der Waals surface area contributed by atoms with Crippen LogP contribution in [0.15, 0.2) is 79.0 Å². The fourth-order valence-electron chi connectivity index (χ4n) is 4.33. The minimum absolute atomic E-state index is 0.187. The van der Waals surface area contributed by atoms with Gasteiger partial charge in [-0.25, -0.2) is 9.78 Å². The van der Waals surface area contributed by atoms with Gasteiger partial charge in [0, 0.05) is 12.6 Å². The van der Waals surface area contributed by atoms with Gasteiger partial charge in [-0.3, -0.25) is 9.78 Å². The topological polar surface area (TPSA) is 81.2 Å². The lowest BCUT2D eigenvalue weighted by atomic mass is 9.95. The van der Waals surface area contributed by atoms with Crippen molar-refractivity contribution in [1.82, 2.24) is 15.3 Å². The first-order valence-corrected chi connectivity index (χ1v) is 10.4. The van der Waals surface area contributed by atoms with E-state index in [9.17, 15) is 9.59 Å². The number of fused-ring (bicyclic) bond motifs is 4. The minimum atomic E-state index is -0.872. The number of nitrogens with zero attached hydrogens (tertiary/aromatic N) is 2. The van der Waals surface area contributed by atoms with Crippen molar-refractivity contribution in [2.24, 2.45) is 0 Å². The average molecular weight is 423 g/mol. The van der Waals surface area contributed by atoms with Crippen LogP contribution in [0.25, 0.3) is 22.2 Å². The van der Waals surface area contributed by atoms with Gasteiger partial charge in [0.25, 0.3) is 0 Å². The van der Waals surface area contributed by atoms with Gasteiger partial charge in [-0.2, -0.15) is 0 Å². The number of hydrogen-bond acceptors (Lipinski definition) is 5. The van der Waals surface area contributed by atoms with Crippen LogP contribution in [0.3, 0.4) is 0 Å². The Morgan fingerprint density at radius 3 is 2.16 bits per heavy atom. The first kappa shape index (κ1) is 19.9. The number of nitrogens with one attached hydrogen (secondary N) is 1. The Bertz CT molecular complexity index is 1290. The summed E-state index contributed by atoms with van der Waals surface area (Å²) >= 11 is 0. The Labute approximate surface area is 185 Å². The van der Waals surface area contributed by atoms with E-state index in [1.54, 1.807) is 6.20 Å². The number of rotatable bonds is 5. The second kappa shape index (κ2) is 8.23. The van der Waals surface area contributed by atoms with E-state index in [-0.39, 0.29) is 12.3 Å². The van der Waals surface area contributed by atoms with E-state index in [0.717, 1.165) is 33.3 Å². The molecule has 1 N–H and O–H groups in total. The molecule has 32 heavy (non-hydrogen) atoms. The molecule has 158 valence electrons. The van der Waals surface area contributed by atoms with Crippen LogP contribution in [-0.4, -0.2) is 35.0 Å². The number of benzene rings is 3. The summed E-state index contributed by atoms with van der Waals surface area (Å²) in [4.78, 5) is 35.0. The van der Waals surface area contributed by atoms with E-state index >= 15 is 0 Å². The molecule has 0 spiro atoms. The highest BCUT2D eigenvalue weighted by atomic mass is 16.5. The molecule has 1 aromatic heterocycles. The van der Waals surface area contributed by atoms with Crippen LogP contribution in [0.2, 0.25) is 0 Å². The molecule has 0 saturated carbocycles. The van der Waals surface area contributed by atoms with Gasteiger partial charge >= 0.3 is 5.97 Å². The highest BCUT2D eigenvalue weighted by Gasteiger charge is 2.35. The standard InChI is InChI=1S/C26H21N3O3/c1-32-26(31)23(14-16-15-27-21-12-6-7-13-22(21)28-16)29-25(30)24-19-10-4-2-8-17(19)18-9-3-5-11-20(18)24/h2-13,15,23-24H,14H2,1H3,(H,29,30)/t23-/m0/s1. The van der Waals surface area contributed by atoms with E-state index in [1.165, 1.54) is 7.11 Å². The first-order chi connectivity index (χ1) is 15.7. The van der Waals surface area contributed by atoms with Crippen molar-refractivity contribution in [3.8, 4) is 11.1 Å². The van der Waals surface area contributed by atoms with Crippen LogP contribution in [0, 0.1) is 0 Å². The van der Waals surface area contributed by atoms with Crippen LogP contribution in [0.4, 0.5) is 0 Å². The van der Waals surface area contributed by atoms with E-state index in [1.807, 2.05) is 72.8 Å². The molecule has 0 unspecified atom stereocenters. The Kier molecular flexibility index (Phi) is 5.11. The first-order valence-electron chi connectivity index (χ1n) is 10.4. The third-order valence-electron chi connectivity index (χ3n) is 5.81. The Hall–Kier alpha value is -4.06. The largest absolute Gasteiger partial charge is 0.467 e. The van der Waals surface area contributed by atoms with Crippen LogP contribution in [0.5, 0.6) is 0 Å². The SMILES string of the molecule is COC(=O)[C@H](Cc1cnc2ccccc2n1)NC(=O)C1c2ccccc2-c2ccccc21. The molecule has 6 heteroatoms. The lowest BCUT2D eigenvalue weighted by Gasteiger charge is -2.20. The van der Waals surface area contributed by atoms with Crippen LogP contribution in [0.1, 0.15) is 22.7 Å². The second-order valence-corrected chi connectivity index (χ2v) is 7.75. The summed E-state index contributed by atoms with van der Waals surface area (Å²) in [6, 6.07) is 22.4. The summed E-state index contributed by atoms with van der Waals surface area (Å²) in [6.45, 7) is 0. The highest BCUT2D eigenvalue weighted by molar-refractivity contribution is 5.97. The molecule has 1 aliphatic rings.